The van der Waals surface area contributed by atoms with Gasteiger partial charge >= 0.3 is 6.03 Å². The average Bonchev–Trinajstić information content (AvgIpc) is 2.61. The molecule has 1 atom stereocenters. The normalized spacial score (nSPS) is 17.0. The molecule has 1 fully saturated rings. The fraction of sp³-hybridized carbons (Fsp3) is 0.611. The summed E-state index contributed by atoms with van der Waals surface area (Å²) in [4.78, 5) is 13.9. The molecule has 1 aliphatic rings. The van der Waals surface area contributed by atoms with E-state index in [0.29, 0.717) is 32.8 Å². The average molecular weight is 320 g/mol. The minimum absolute atomic E-state index is 0.00542. The van der Waals surface area contributed by atoms with Crippen molar-refractivity contribution in [3.8, 4) is 0 Å². The van der Waals surface area contributed by atoms with E-state index < -0.39 is 6.10 Å². The number of hydrogen-bond donors (Lipinski definition) is 2. The molecule has 1 unspecified atom stereocenters. The zero-order valence-corrected chi connectivity index (χ0v) is 13.9. The van der Waals surface area contributed by atoms with Crippen LogP contribution < -0.4 is 5.32 Å². The number of nitrogens with one attached hydrogen (secondary N) is 1. The van der Waals surface area contributed by atoms with E-state index in [9.17, 15) is 9.90 Å². The molecule has 23 heavy (non-hydrogen) atoms. The van der Waals surface area contributed by atoms with Gasteiger partial charge in [0.1, 0.15) is 0 Å². The molecule has 0 spiro atoms. The van der Waals surface area contributed by atoms with Crippen LogP contribution in [0.4, 0.5) is 4.79 Å². The largest absolute Gasteiger partial charge is 0.388 e. The lowest BCUT2D eigenvalue weighted by Gasteiger charge is -2.34. The number of ether oxygens (including phenoxy) is 1. The first-order chi connectivity index (χ1) is 11.2. The van der Waals surface area contributed by atoms with Gasteiger partial charge in [0.25, 0.3) is 0 Å². The van der Waals surface area contributed by atoms with Gasteiger partial charge in [0.15, 0.2) is 0 Å². The maximum absolute atomic E-state index is 12.1. The van der Waals surface area contributed by atoms with Crippen molar-refractivity contribution < 1.29 is 14.6 Å². The Morgan fingerprint density at radius 2 is 2.04 bits per heavy atom. The Kier molecular flexibility index (Phi) is 7.36. The van der Waals surface area contributed by atoms with Crippen LogP contribution in [0, 0.1) is 5.92 Å². The SMILES string of the molecule is CCOCCCNC(=O)N1CCC(C(O)c2ccccc2)CC1. The molecule has 2 amide bonds. The minimum atomic E-state index is -0.437. The molecule has 0 saturated carbocycles. The molecule has 1 aliphatic heterocycles. The van der Waals surface area contributed by atoms with Gasteiger partial charge in [0, 0.05) is 32.8 Å². The van der Waals surface area contributed by atoms with Gasteiger partial charge in [-0.1, -0.05) is 30.3 Å². The van der Waals surface area contributed by atoms with Crippen molar-refractivity contribution in [1.82, 2.24) is 10.2 Å². The lowest BCUT2D eigenvalue weighted by Crippen LogP contribution is -2.45. The highest BCUT2D eigenvalue weighted by molar-refractivity contribution is 5.74. The maximum atomic E-state index is 12.1. The summed E-state index contributed by atoms with van der Waals surface area (Å²) in [5.41, 5.74) is 0.964. The third-order valence-corrected chi connectivity index (χ3v) is 4.36. The minimum Gasteiger partial charge on any atom is -0.388 e. The number of amides is 2. The predicted molar refractivity (Wildman–Crippen MR) is 90.2 cm³/mol. The van der Waals surface area contributed by atoms with Gasteiger partial charge < -0.3 is 20.1 Å². The maximum Gasteiger partial charge on any atom is 0.317 e. The Hall–Kier alpha value is -1.59. The second kappa shape index (κ2) is 9.53. The predicted octanol–water partition coefficient (Wildman–Crippen LogP) is 2.57. The third kappa shape index (κ3) is 5.52. The molecule has 1 saturated heterocycles. The van der Waals surface area contributed by atoms with Crippen LogP contribution in [0.1, 0.15) is 37.9 Å². The molecule has 2 N–H and O–H groups in total. The lowest BCUT2D eigenvalue weighted by molar-refractivity contribution is 0.0664. The van der Waals surface area contributed by atoms with Crippen molar-refractivity contribution in [3.05, 3.63) is 35.9 Å². The second-order valence-electron chi connectivity index (χ2n) is 5.96. The van der Waals surface area contributed by atoms with Crippen LogP contribution in [-0.4, -0.2) is 48.9 Å². The van der Waals surface area contributed by atoms with E-state index in [-0.39, 0.29) is 11.9 Å². The van der Waals surface area contributed by atoms with Crippen molar-refractivity contribution >= 4 is 6.03 Å². The summed E-state index contributed by atoms with van der Waals surface area (Å²) in [5.74, 6) is 0.222. The van der Waals surface area contributed by atoms with E-state index >= 15 is 0 Å². The lowest BCUT2D eigenvalue weighted by atomic mass is 9.87. The number of piperidine rings is 1. The summed E-state index contributed by atoms with van der Waals surface area (Å²) in [6, 6.07) is 9.76. The quantitative estimate of drug-likeness (QED) is 0.759. The Bertz CT molecular complexity index is 459. The van der Waals surface area contributed by atoms with Crippen LogP contribution >= 0.6 is 0 Å². The first-order valence-electron chi connectivity index (χ1n) is 8.56. The number of rotatable bonds is 7. The molecule has 1 heterocycles. The van der Waals surface area contributed by atoms with Crippen LogP contribution in [0.15, 0.2) is 30.3 Å². The first-order valence-corrected chi connectivity index (χ1v) is 8.56. The molecular formula is C18H28N2O3. The molecule has 1 aromatic carbocycles. The van der Waals surface area contributed by atoms with E-state index in [4.69, 9.17) is 4.74 Å². The summed E-state index contributed by atoms with van der Waals surface area (Å²) < 4.78 is 5.25. The van der Waals surface area contributed by atoms with Crippen LogP contribution in [0.3, 0.4) is 0 Å². The number of aliphatic hydroxyl groups is 1. The van der Waals surface area contributed by atoms with Crippen molar-refractivity contribution in [2.75, 3.05) is 32.8 Å². The Morgan fingerprint density at radius 3 is 2.70 bits per heavy atom. The Morgan fingerprint density at radius 1 is 1.35 bits per heavy atom. The molecular weight excluding hydrogens is 292 g/mol. The van der Waals surface area contributed by atoms with Gasteiger partial charge in [0.05, 0.1) is 6.10 Å². The van der Waals surface area contributed by atoms with Gasteiger partial charge in [0.2, 0.25) is 0 Å². The van der Waals surface area contributed by atoms with E-state index in [2.05, 4.69) is 5.32 Å². The zero-order valence-electron chi connectivity index (χ0n) is 13.9. The van der Waals surface area contributed by atoms with E-state index in [0.717, 1.165) is 24.8 Å². The number of nitrogens with zero attached hydrogens (tertiary/aromatic N) is 1. The molecule has 5 nitrogen and oxygen atoms in total. The number of benzene rings is 1. The smallest absolute Gasteiger partial charge is 0.317 e. The van der Waals surface area contributed by atoms with Gasteiger partial charge in [-0.15, -0.1) is 0 Å². The molecule has 128 valence electrons. The number of likely N-dealkylation sites (tertiary alicyclic amines) is 1. The summed E-state index contributed by atoms with van der Waals surface area (Å²) in [5, 5.41) is 13.4. The van der Waals surface area contributed by atoms with Crippen molar-refractivity contribution in [3.63, 3.8) is 0 Å². The molecule has 2 rings (SSSR count). The topological polar surface area (TPSA) is 61.8 Å². The summed E-state index contributed by atoms with van der Waals surface area (Å²) in [7, 11) is 0. The van der Waals surface area contributed by atoms with Crippen molar-refractivity contribution in [2.24, 2.45) is 5.92 Å². The third-order valence-electron chi connectivity index (χ3n) is 4.36. The highest BCUT2D eigenvalue weighted by atomic mass is 16.5. The molecule has 0 bridgehead atoms. The number of hydrogen-bond acceptors (Lipinski definition) is 3. The van der Waals surface area contributed by atoms with Gasteiger partial charge in [-0.25, -0.2) is 4.79 Å². The fourth-order valence-corrected chi connectivity index (χ4v) is 2.97. The van der Waals surface area contributed by atoms with Crippen LogP contribution in [0.5, 0.6) is 0 Å². The van der Waals surface area contributed by atoms with Gasteiger partial charge in [-0.2, -0.15) is 0 Å². The summed E-state index contributed by atoms with van der Waals surface area (Å²) in [6.07, 6.45) is 2.07. The van der Waals surface area contributed by atoms with Gasteiger partial charge in [-0.3, -0.25) is 0 Å². The molecule has 0 radical (unpaired) electrons. The van der Waals surface area contributed by atoms with Crippen molar-refractivity contribution in [2.45, 2.75) is 32.3 Å². The Labute approximate surface area is 138 Å². The van der Waals surface area contributed by atoms with E-state index in [1.54, 1.807) is 0 Å². The Balaban J connectivity index is 1.70. The molecule has 1 aromatic rings. The zero-order chi connectivity index (χ0) is 16.5. The second-order valence-corrected chi connectivity index (χ2v) is 5.96. The van der Waals surface area contributed by atoms with Crippen LogP contribution in [-0.2, 0) is 4.74 Å². The molecule has 0 aliphatic carbocycles. The van der Waals surface area contributed by atoms with E-state index in [1.807, 2.05) is 42.2 Å². The highest BCUT2D eigenvalue weighted by Crippen LogP contribution is 2.30. The monoisotopic (exact) mass is 320 g/mol. The number of urea groups is 1. The standard InChI is InChI=1S/C18H28N2O3/c1-2-23-14-6-11-19-18(22)20-12-9-16(10-13-20)17(21)15-7-4-3-5-8-15/h3-5,7-8,16-17,21H,2,6,9-14H2,1H3,(H,19,22). The summed E-state index contributed by atoms with van der Waals surface area (Å²) >= 11 is 0. The molecule has 0 aromatic heterocycles. The van der Waals surface area contributed by atoms with Crippen LogP contribution in [0.25, 0.3) is 0 Å². The van der Waals surface area contributed by atoms with E-state index in [1.165, 1.54) is 0 Å². The number of aliphatic hydroxyl groups excluding tert-OH is 1. The fourth-order valence-electron chi connectivity index (χ4n) is 2.97. The van der Waals surface area contributed by atoms with Gasteiger partial charge in [-0.05, 0) is 37.7 Å². The number of carbonyl (C=O) groups excluding carboxylic acids is 1. The van der Waals surface area contributed by atoms with Crippen molar-refractivity contribution in [1.29, 1.82) is 0 Å². The number of carbonyl (C=O) groups is 1. The summed E-state index contributed by atoms with van der Waals surface area (Å²) in [6.45, 7) is 5.41. The highest BCUT2D eigenvalue weighted by Gasteiger charge is 2.27. The first kappa shape index (κ1) is 17.8. The van der Waals surface area contributed by atoms with Crippen LogP contribution in [0.2, 0.25) is 0 Å². The molecule has 5 heteroatoms.